The number of hydrogen-bond donors (Lipinski definition) is 0. The second-order valence-corrected chi connectivity index (χ2v) is 5.72. The molecule has 1 aliphatic rings. The zero-order chi connectivity index (χ0) is 13.4. The molecule has 0 bridgehead atoms. The monoisotopic (exact) mass is 281 g/mol. The predicted octanol–water partition coefficient (Wildman–Crippen LogP) is 3.98. The molecule has 0 aliphatic heterocycles. The van der Waals surface area contributed by atoms with E-state index in [1.165, 1.54) is 10.9 Å². The maximum Gasteiger partial charge on any atom is 0.0217 e. The largest absolute Gasteiger partial charge is 0.670 e. The number of carbonyl (C=O) groups excluding carboxylic acids is 1. The van der Waals surface area contributed by atoms with E-state index in [0.29, 0.717) is 11.8 Å². The predicted molar refractivity (Wildman–Crippen MR) is 70.3 cm³/mol. The van der Waals surface area contributed by atoms with Crippen LogP contribution in [0.3, 0.4) is 0 Å². The molecule has 0 unspecified atom stereocenters. The van der Waals surface area contributed by atoms with Gasteiger partial charge in [-0.3, -0.25) is 0 Å². The third-order valence-electron chi connectivity index (χ3n) is 2.79. The quantitative estimate of drug-likeness (QED) is 0.570. The van der Waals surface area contributed by atoms with Gasteiger partial charge in [-0.25, -0.2) is 0 Å². The van der Waals surface area contributed by atoms with Crippen molar-refractivity contribution in [3.8, 4) is 0 Å². The third-order valence-corrected chi connectivity index (χ3v) is 3.93. The van der Waals surface area contributed by atoms with Crippen LogP contribution in [-0.2, 0) is 19.8 Å². The molecular weight excluding hydrogens is 257 g/mol. The molecule has 1 amide bonds. The van der Waals surface area contributed by atoms with Crippen molar-refractivity contribution in [2.45, 2.75) is 53.4 Å². The van der Waals surface area contributed by atoms with Gasteiger partial charge in [-0.1, -0.05) is 19.3 Å². The van der Waals surface area contributed by atoms with E-state index in [4.69, 9.17) is 20.8 Å². The first-order valence-corrected chi connectivity index (χ1v) is 6.93. The van der Waals surface area contributed by atoms with Crippen molar-refractivity contribution in [2.24, 2.45) is 17.8 Å². The smallest absolute Gasteiger partial charge is 0.0217 e. The second kappa shape index (κ2) is 8.86. The van der Waals surface area contributed by atoms with Gasteiger partial charge in [0.05, 0.1) is 0 Å². The van der Waals surface area contributed by atoms with Crippen molar-refractivity contribution in [1.29, 1.82) is 0 Å². The number of carbonyl (C=O) groups is 1. The zero-order valence-electron chi connectivity index (χ0n) is 11.4. The normalized spacial score (nSPS) is 19.9. The van der Waals surface area contributed by atoms with Crippen LogP contribution in [0.4, 0.5) is 0 Å². The molecule has 0 aromatic heterocycles. The summed E-state index contributed by atoms with van der Waals surface area (Å²) in [5, 5.41) is 0. The minimum Gasteiger partial charge on any atom is -0.670 e. The molecule has 104 valence electrons. The summed E-state index contributed by atoms with van der Waals surface area (Å²) in [5.74, 6) is 0.735. The van der Waals surface area contributed by atoms with Crippen LogP contribution in [-0.4, -0.2) is 10.4 Å². The topological polar surface area (TPSA) is 40.9 Å². The van der Waals surface area contributed by atoms with Crippen molar-refractivity contribution < 1.29 is 19.8 Å². The van der Waals surface area contributed by atoms with Crippen LogP contribution in [0.25, 0.3) is 5.73 Å². The Bertz CT molecular complexity index is 233. The van der Waals surface area contributed by atoms with E-state index in [1.807, 2.05) is 6.42 Å². The number of rotatable bonds is 3. The van der Waals surface area contributed by atoms with Gasteiger partial charge in [0.25, 0.3) is 0 Å². The maximum atomic E-state index is 10.4. The summed E-state index contributed by atoms with van der Waals surface area (Å²) in [5.41, 5.74) is 6.80. The fourth-order valence-electron chi connectivity index (χ4n) is 1.85. The molecular formula is C14H25NNiO-2. The molecule has 17 heavy (non-hydrogen) atoms. The standard InChI is InChI=1S/C7H12NO.C7H14.Ni/c8-7(9)6-4-2-1-3-5-6;1-6(2)5-7(3)4;/h4,6H,1-3,5H2,(H2,8,9);6-7H,1-4H3;/q-1;;/p-1/t6-;;/m1../s1. The Morgan fingerprint density at radius 3 is 1.94 bits per heavy atom. The van der Waals surface area contributed by atoms with Gasteiger partial charge in [-0.2, -0.15) is 6.42 Å². The Morgan fingerprint density at radius 1 is 1.24 bits per heavy atom. The molecule has 1 N–H and O–H groups in total. The van der Waals surface area contributed by atoms with Crippen LogP contribution < -0.4 is 0 Å². The Morgan fingerprint density at radius 2 is 1.76 bits per heavy atom. The Hall–Kier alpha value is -0.166. The summed E-state index contributed by atoms with van der Waals surface area (Å²) >= 11 is 4.81. The first-order chi connectivity index (χ1) is 7.86. The first-order valence-electron chi connectivity index (χ1n) is 6.44. The van der Waals surface area contributed by atoms with Crippen LogP contribution in [0.2, 0.25) is 0 Å². The zero-order valence-corrected chi connectivity index (χ0v) is 12.3. The van der Waals surface area contributed by atoms with E-state index in [2.05, 4.69) is 27.7 Å². The molecule has 1 aliphatic carbocycles. The van der Waals surface area contributed by atoms with Gasteiger partial charge in [0, 0.05) is 5.91 Å². The van der Waals surface area contributed by atoms with Crippen LogP contribution in [0.1, 0.15) is 53.4 Å². The number of hydrogen-bond acceptors (Lipinski definition) is 1. The molecule has 0 spiro atoms. The van der Waals surface area contributed by atoms with Crippen LogP contribution in [0.15, 0.2) is 0 Å². The SMILES string of the molecule is CC(C)[C](=[Ni])C(C)C.[NH-]C(=O)[C@@H]1[CH-]CCCC1. The summed E-state index contributed by atoms with van der Waals surface area (Å²) in [4.78, 5) is 10.4. The van der Waals surface area contributed by atoms with Crippen molar-refractivity contribution in [2.75, 3.05) is 0 Å². The van der Waals surface area contributed by atoms with Crippen LogP contribution in [0, 0.1) is 24.2 Å². The molecule has 1 saturated carbocycles. The molecule has 1 atom stereocenters. The molecule has 3 heteroatoms. The van der Waals surface area contributed by atoms with Crippen molar-refractivity contribution >= 4 is 10.4 Å². The van der Waals surface area contributed by atoms with Crippen LogP contribution >= 0.6 is 0 Å². The first kappa shape index (κ1) is 16.8. The number of nitrogens with one attached hydrogen (secondary N) is 1. The van der Waals surface area contributed by atoms with Gasteiger partial charge in [-0.05, 0) is 0 Å². The Kier molecular flexibility index (Phi) is 8.77. The molecule has 0 aromatic rings. The fraction of sp³-hybridized carbons (Fsp3) is 0.786. The fourth-order valence-corrected chi connectivity index (χ4v) is 1.85. The van der Waals surface area contributed by atoms with Gasteiger partial charge in [0.1, 0.15) is 0 Å². The van der Waals surface area contributed by atoms with E-state index in [0.717, 1.165) is 19.3 Å². The van der Waals surface area contributed by atoms with Gasteiger partial charge < -0.3 is 16.9 Å². The van der Waals surface area contributed by atoms with Gasteiger partial charge >= 0.3 is 59.1 Å². The molecule has 0 heterocycles. The second-order valence-electron chi connectivity index (χ2n) is 5.15. The van der Waals surface area contributed by atoms with Crippen molar-refractivity contribution in [3.05, 3.63) is 12.2 Å². The Labute approximate surface area is 114 Å². The van der Waals surface area contributed by atoms with E-state index in [1.54, 1.807) is 0 Å². The summed E-state index contributed by atoms with van der Waals surface area (Å²) < 4.78 is 1.23. The average Bonchev–Trinajstić information content (AvgIpc) is 2.29. The Balaban J connectivity index is 0.000000304. The van der Waals surface area contributed by atoms with E-state index in [-0.39, 0.29) is 5.92 Å². The molecule has 2 nitrogen and oxygen atoms in total. The van der Waals surface area contributed by atoms with Gasteiger partial charge in [0.15, 0.2) is 0 Å². The molecule has 0 saturated heterocycles. The maximum absolute atomic E-state index is 10.4. The van der Waals surface area contributed by atoms with E-state index >= 15 is 0 Å². The third kappa shape index (κ3) is 7.70. The van der Waals surface area contributed by atoms with Gasteiger partial charge in [0.2, 0.25) is 0 Å². The summed E-state index contributed by atoms with van der Waals surface area (Å²) in [7, 11) is 0. The average molecular weight is 282 g/mol. The molecule has 0 aromatic carbocycles. The van der Waals surface area contributed by atoms with Crippen molar-refractivity contribution in [3.63, 3.8) is 0 Å². The van der Waals surface area contributed by atoms with E-state index < -0.39 is 5.91 Å². The minimum absolute atomic E-state index is 0.0428. The minimum atomic E-state index is -0.408. The summed E-state index contributed by atoms with van der Waals surface area (Å²) in [6.07, 6.45) is 6.21. The summed E-state index contributed by atoms with van der Waals surface area (Å²) in [6.45, 7) is 8.61. The number of amides is 1. The van der Waals surface area contributed by atoms with Crippen molar-refractivity contribution in [1.82, 2.24) is 0 Å². The summed E-state index contributed by atoms with van der Waals surface area (Å²) in [6, 6.07) is 0. The molecule has 0 radical (unpaired) electrons. The molecule has 1 fully saturated rings. The molecule has 1 rings (SSSR count). The van der Waals surface area contributed by atoms with Gasteiger partial charge in [-0.15, -0.1) is 5.92 Å². The van der Waals surface area contributed by atoms with Crippen LogP contribution in [0.5, 0.6) is 0 Å². The van der Waals surface area contributed by atoms with E-state index in [9.17, 15) is 4.79 Å².